The van der Waals surface area contributed by atoms with E-state index in [2.05, 4.69) is 5.32 Å². The Kier molecular flexibility index (Phi) is 3.77. The lowest BCUT2D eigenvalue weighted by Crippen LogP contribution is -2.27. The van der Waals surface area contributed by atoms with Crippen molar-refractivity contribution in [3.8, 4) is 0 Å². The first-order chi connectivity index (χ1) is 7.84. The summed E-state index contributed by atoms with van der Waals surface area (Å²) in [7, 11) is 0. The zero-order chi connectivity index (χ0) is 11.2. The molecule has 1 N–H and O–H groups in total. The molecule has 0 spiro atoms. The smallest absolute Gasteiger partial charge is 0.429 e. The molecule has 1 atom stereocenters. The number of carbonyl (C=O) groups is 1. The summed E-state index contributed by atoms with van der Waals surface area (Å²) in [5.41, 5.74) is 0.957. The van der Waals surface area contributed by atoms with Crippen LogP contribution in [0, 0.1) is 0 Å². The van der Waals surface area contributed by atoms with Gasteiger partial charge in [-0.25, -0.2) is 4.79 Å². The monoisotopic (exact) mass is 221 g/mol. The lowest BCUT2D eigenvalue weighted by Gasteiger charge is -2.11. The predicted molar refractivity (Wildman–Crippen MR) is 58.7 cm³/mol. The van der Waals surface area contributed by atoms with E-state index in [1.54, 1.807) is 0 Å². The lowest BCUT2D eigenvalue weighted by atomic mass is 10.2. The normalized spacial score (nSPS) is 19.4. The average Bonchev–Trinajstić information content (AvgIpc) is 2.81. The van der Waals surface area contributed by atoms with Gasteiger partial charge in [-0.05, 0) is 24.9 Å². The van der Waals surface area contributed by atoms with Gasteiger partial charge in [0.2, 0.25) is 0 Å². The SMILES string of the molecule is O=C(OCc1ccccc1)OC1CCCN1. The third kappa shape index (κ3) is 3.24. The van der Waals surface area contributed by atoms with Gasteiger partial charge in [0.1, 0.15) is 6.61 Å². The summed E-state index contributed by atoms with van der Waals surface area (Å²) < 4.78 is 10.0. The van der Waals surface area contributed by atoms with E-state index >= 15 is 0 Å². The highest BCUT2D eigenvalue weighted by molar-refractivity contribution is 5.60. The quantitative estimate of drug-likeness (QED) is 0.793. The van der Waals surface area contributed by atoms with Crippen LogP contribution in [-0.2, 0) is 16.1 Å². The Morgan fingerprint density at radius 1 is 1.38 bits per heavy atom. The van der Waals surface area contributed by atoms with Gasteiger partial charge < -0.3 is 9.47 Å². The molecule has 0 saturated carbocycles. The van der Waals surface area contributed by atoms with E-state index in [0.717, 1.165) is 24.9 Å². The number of ether oxygens (including phenoxy) is 2. The molecule has 1 aromatic rings. The molecular weight excluding hydrogens is 206 g/mol. The lowest BCUT2D eigenvalue weighted by molar-refractivity contribution is 0.0144. The van der Waals surface area contributed by atoms with Gasteiger partial charge in [0.25, 0.3) is 0 Å². The second-order valence-corrected chi connectivity index (χ2v) is 3.73. The molecule has 1 aliphatic heterocycles. The maximum Gasteiger partial charge on any atom is 0.510 e. The summed E-state index contributed by atoms with van der Waals surface area (Å²) in [5, 5.41) is 3.06. The highest BCUT2D eigenvalue weighted by atomic mass is 16.7. The van der Waals surface area contributed by atoms with E-state index in [0.29, 0.717) is 0 Å². The van der Waals surface area contributed by atoms with Crippen LogP contribution >= 0.6 is 0 Å². The van der Waals surface area contributed by atoms with Crippen LogP contribution in [0.15, 0.2) is 30.3 Å². The summed E-state index contributed by atoms with van der Waals surface area (Å²) >= 11 is 0. The summed E-state index contributed by atoms with van der Waals surface area (Å²) in [4.78, 5) is 11.3. The number of hydrogen-bond acceptors (Lipinski definition) is 4. The average molecular weight is 221 g/mol. The standard InChI is InChI=1S/C12H15NO3/c14-12(16-11-7-4-8-13-11)15-9-10-5-2-1-3-6-10/h1-3,5-6,11,13H,4,7-9H2. The third-order valence-electron chi connectivity index (χ3n) is 2.45. The Hall–Kier alpha value is -1.55. The van der Waals surface area contributed by atoms with E-state index in [4.69, 9.17) is 9.47 Å². The number of rotatable bonds is 3. The minimum atomic E-state index is -0.608. The van der Waals surface area contributed by atoms with Crippen molar-refractivity contribution in [3.63, 3.8) is 0 Å². The van der Waals surface area contributed by atoms with Gasteiger partial charge in [0.15, 0.2) is 6.23 Å². The minimum Gasteiger partial charge on any atom is -0.429 e. The second kappa shape index (κ2) is 5.51. The zero-order valence-electron chi connectivity index (χ0n) is 9.02. The highest BCUT2D eigenvalue weighted by Gasteiger charge is 2.18. The van der Waals surface area contributed by atoms with Crippen LogP contribution in [0.4, 0.5) is 4.79 Å². The number of hydrogen-bond donors (Lipinski definition) is 1. The first kappa shape index (κ1) is 11.0. The molecule has 1 aliphatic rings. The Morgan fingerprint density at radius 2 is 2.19 bits per heavy atom. The van der Waals surface area contributed by atoms with E-state index in [1.807, 2.05) is 30.3 Å². The van der Waals surface area contributed by atoms with Gasteiger partial charge in [0, 0.05) is 0 Å². The van der Waals surface area contributed by atoms with Crippen molar-refractivity contribution >= 4 is 6.16 Å². The van der Waals surface area contributed by atoms with Crippen molar-refractivity contribution in [2.45, 2.75) is 25.7 Å². The Bertz CT molecular complexity index is 333. The molecule has 1 unspecified atom stereocenters. The molecular formula is C12H15NO3. The molecule has 1 fully saturated rings. The Balaban J connectivity index is 1.71. The van der Waals surface area contributed by atoms with Gasteiger partial charge in [-0.15, -0.1) is 0 Å². The summed E-state index contributed by atoms with van der Waals surface area (Å²) in [6.07, 6.45) is 1.11. The Morgan fingerprint density at radius 3 is 2.88 bits per heavy atom. The largest absolute Gasteiger partial charge is 0.510 e. The molecule has 1 saturated heterocycles. The van der Waals surface area contributed by atoms with Gasteiger partial charge >= 0.3 is 6.16 Å². The first-order valence-corrected chi connectivity index (χ1v) is 5.45. The van der Waals surface area contributed by atoms with Gasteiger partial charge in [0.05, 0.1) is 0 Å². The molecule has 0 aliphatic carbocycles. The maximum absolute atomic E-state index is 11.3. The maximum atomic E-state index is 11.3. The molecule has 1 heterocycles. The number of benzene rings is 1. The van der Waals surface area contributed by atoms with E-state index in [9.17, 15) is 4.79 Å². The third-order valence-corrected chi connectivity index (χ3v) is 2.45. The summed E-state index contributed by atoms with van der Waals surface area (Å²) in [5.74, 6) is 0. The topological polar surface area (TPSA) is 47.6 Å². The predicted octanol–water partition coefficient (Wildman–Crippen LogP) is 2.05. The van der Waals surface area contributed by atoms with Crippen LogP contribution in [0.25, 0.3) is 0 Å². The van der Waals surface area contributed by atoms with Gasteiger partial charge in [-0.1, -0.05) is 30.3 Å². The molecule has 1 aromatic carbocycles. The van der Waals surface area contributed by atoms with Crippen molar-refractivity contribution < 1.29 is 14.3 Å². The number of nitrogens with one attached hydrogen (secondary N) is 1. The van der Waals surface area contributed by atoms with Crippen LogP contribution in [0.1, 0.15) is 18.4 Å². The van der Waals surface area contributed by atoms with E-state index in [1.165, 1.54) is 0 Å². The molecule has 86 valence electrons. The second-order valence-electron chi connectivity index (χ2n) is 3.73. The summed E-state index contributed by atoms with van der Waals surface area (Å²) in [6.45, 7) is 1.16. The zero-order valence-corrected chi connectivity index (χ0v) is 9.02. The molecule has 0 amide bonds. The van der Waals surface area contributed by atoms with Crippen molar-refractivity contribution in [1.82, 2.24) is 5.32 Å². The molecule has 4 heteroatoms. The fourth-order valence-electron chi connectivity index (χ4n) is 1.62. The van der Waals surface area contributed by atoms with Crippen LogP contribution in [-0.4, -0.2) is 18.9 Å². The van der Waals surface area contributed by atoms with Crippen molar-refractivity contribution in [3.05, 3.63) is 35.9 Å². The molecule has 2 rings (SSSR count). The molecule has 0 aromatic heterocycles. The minimum absolute atomic E-state index is 0.178. The van der Waals surface area contributed by atoms with Crippen LogP contribution < -0.4 is 5.32 Å². The molecule has 0 bridgehead atoms. The van der Waals surface area contributed by atoms with E-state index < -0.39 is 6.16 Å². The molecule has 16 heavy (non-hydrogen) atoms. The first-order valence-electron chi connectivity index (χ1n) is 5.45. The molecule has 4 nitrogen and oxygen atoms in total. The van der Waals surface area contributed by atoms with Gasteiger partial charge in [-0.3, -0.25) is 5.32 Å². The van der Waals surface area contributed by atoms with Crippen molar-refractivity contribution in [2.24, 2.45) is 0 Å². The number of carbonyl (C=O) groups excluding carboxylic acids is 1. The van der Waals surface area contributed by atoms with E-state index in [-0.39, 0.29) is 12.8 Å². The molecule has 0 radical (unpaired) electrons. The van der Waals surface area contributed by atoms with Crippen molar-refractivity contribution in [2.75, 3.05) is 6.54 Å². The highest BCUT2D eigenvalue weighted by Crippen LogP contribution is 2.08. The van der Waals surface area contributed by atoms with Gasteiger partial charge in [-0.2, -0.15) is 0 Å². The fraction of sp³-hybridized carbons (Fsp3) is 0.417. The van der Waals surface area contributed by atoms with Crippen molar-refractivity contribution in [1.29, 1.82) is 0 Å². The van der Waals surface area contributed by atoms with Crippen LogP contribution in [0.5, 0.6) is 0 Å². The van der Waals surface area contributed by atoms with Crippen LogP contribution in [0.2, 0.25) is 0 Å². The Labute approximate surface area is 94.6 Å². The fourth-order valence-corrected chi connectivity index (χ4v) is 1.62. The van der Waals surface area contributed by atoms with Crippen LogP contribution in [0.3, 0.4) is 0 Å². The summed E-state index contributed by atoms with van der Waals surface area (Å²) in [6, 6.07) is 9.54.